The molecular formula is C10H12N2O3. The predicted octanol–water partition coefficient (Wildman–Crippen LogP) is 0.223. The van der Waals surface area contributed by atoms with Crippen LogP contribution in [0.2, 0.25) is 0 Å². The zero-order chi connectivity index (χ0) is 11.3. The topological polar surface area (TPSA) is 81.9 Å². The lowest BCUT2D eigenvalue weighted by Gasteiger charge is -2.01. The molecule has 0 aliphatic rings. The first-order valence-corrected chi connectivity index (χ1v) is 4.40. The highest BCUT2D eigenvalue weighted by Crippen LogP contribution is 2.12. The molecule has 0 unspecified atom stereocenters. The molecule has 0 aliphatic carbocycles. The number of hydrogen-bond acceptors (Lipinski definition) is 4. The summed E-state index contributed by atoms with van der Waals surface area (Å²) < 4.78 is 0. The number of aromatic hydroxyl groups is 1. The number of nitrogens with one attached hydrogen (secondary N) is 1. The molecule has 0 saturated carbocycles. The molecule has 3 N–H and O–H groups in total. The summed E-state index contributed by atoms with van der Waals surface area (Å²) in [6.45, 7) is 1.34. The van der Waals surface area contributed by atoms with Gasteiger partial charge < -0.3 is 10.2 Å². The maximum absolute atomic E-state index is 10.9. The number of nitrogens with zero attached hydrogens (tertiary/aromatic N) is 1. The van der Waals surface area contributed by atoms with Gasteiger partial charge in [-0.05, 0) is 19.1 Å². The van der Waals surface area contributed by atoms with Crippen molar-refractivity contribution in [3.63, 3.8) is 0 Å². The van der Waals surface area contributed by atoms with Crippen molar-refractivity contribution in [2.45, 2.75) is 13.0 Å². The van der Waals surface area contributed by atoms with Crippen molar-refractivity contribution >= 4 is 12.1 Å². The molecule has 0 bridgehead atoms. The van der Waals surface area contributed by atoms with Gasteiger partial charge in [0.25, 0.3) is 5.91 Å². The second-order valence-electron chi connectivity index (χ2n) is 2.97. The van der Waals surface area contributed by atoms with Crippen molar-refractivity contribution in [3.8, 4) is 5.75 Å². The van der Waals surface area contributed by atoms with E-state index < -0.39 is 12.0 Å². The van der Waals surface area contributed by atoms with Crippen molar-refractivity contribution in [1.82, 2.24) is 5.43 Å². The Morgan fingerprint density at radius 2 is 2.20 bits per heavy atom. The summed E-state index contributed by atoms with van der Waals surface area (Å²) in [6.07, 6.45) is 0.196. The standard InChI is InChI=1S/C10H12N2O3/c1-7(13)10(15)12-11-6-8-4-2-3-5-9(8)14/h2-7,13-14H,1H3,(H,12,15)/b11-6-/t7-/m1/s1. The highest BCUT2D eigenvalue weighted by Gasteiger charge is 2.05. The fraction of sp³-hybridized carbons (Fsp3) is 0.200. The van der Waals surface area contributed by atoms with Gasteiger partial charge in [0.2, 0.25) is 0 Å². The second kappa shape index (κ2) is 5.11. The summed E-state index contributed by atoms with van der Waals surface area (Å²) in [5.41, 5.74) is 2.62. The Bertz CT molecular complexity index is 375. The Kier molecular flexibility index (Phi) is 3.82. The van der Waals surface area contributed by atoms with Crippen LogP contribution in [0.5, 0.6) is 5.75 Å². The molecule has 1 aromatic carbocycles. The van der Waals surface area contributed by atoms with Crippen LogP contribution in [-0.2, 0) is 4.79 Å². The maximum Gasteiger partial charge on any atom is 0.268 e. The van der Waals surface area contributed by atoms with Gasteiger partial charge in [-0.3, -0.25) is 4.79 Å². The van der Waals surface area contributed by atoms with E-state index in [2.05, 4.69) is 10.5 Å². The lowest BCUT2D eigenvalue weighted by Crippen LogP contribution is -2.28. The first-order chi connectivity index (χ1) is 7.11. The average molecular weight is 208 g/mol. The number of benzene rings is 1. The van der Waals surface area contributed by atoms with Gasteiger partial charge in [0.05, 0.1) is 6.21 Å². The number of amides is 1. The molecule has 1 aromatic rings. The summed E-state index contributed by atoms with van der Waals surface area (Å²) in [7, 11) is 0. The Labute approximate surface area is 87.1 Å². The molecule has 0 aromatic heterocycles. The van der Waals surface area contributed by atoms with Crippen molar-refractivity contribution in [2.24, 2.45) is 5.10 Å². The van der Waals surface area contributed by atoms with E-state index in [0.717, 1.165) is 0 Å². The fourth-order valence-electron chi connectivity index (χ4n) is 0.856. The first kappa shape index (κ1) is 11.2. The number of phenols is 1. The number of aliphatic hydroxyl groups excluding tert-OH is 1. The van der Waals surface area contributed by atoms with Gasteiger partial charge in [-0.2, -0.15) is 5.10 Å². The van der Waals surface area contributed by atoms with Gasteiger partial charge in [0, 0.05) is 5.56 Å². The SMILES string of the molecule is C[C@@H](O)C(=O)N/N=C\c1ccccc1O. The van der Waals surface area contributed by atoms with E-state index in [1.807, 2.05) is 0 Å². The molecule has 1 atom stereocenters. The molecule has 0 aliphatic heterocycles. The number of carbonyl (C=O) groups excluding carboxylic acids is 1. The molecule has 1 rings (SSSR count). The van der Waals surface area contributed by atoms with Crippen LogP contribution < -0.4 is 5.43 Å². The number of hydrogen-bond donors (Lipinski definition) is 3. The van der Waals surface area contributed by atoms with E-state index in [1.165, 1.54) is 19.2 Å². The van der Waals surface area contributed by atoms with E-state index in [4.69, 9.17) is 5.11 Å². The van der Waals surface area contributed by atoms with Gasteiger partial charge in [0.15, 0.2) is 0 Å². The molecule has 0 saturated heterocycles. The number of hydrazone groups is 1. The summed E-state index contributed by atoms with van der Waals surface area (Å²) in [5.74, 6) is -0.519. The number of carbonyl (C=O) groups is 1. The second-order valence-corrected chi connectivity index (χ2v) is 2.97. The summed E-state index contributed by atoms with van der Waals surface area (Å²) >= 11 is 0. The molecule has 0 fully saturated rings. The van der Waals surface area contributed by atoms with E-state index in [-0.39, 0.29) is 5.75 Å². The van der Waals surface area contributed by atoms with Crippen LogP contribution in [0.3, 0.4) is 0 Å². The number of phenolic OH excluding ortho intramolecular Hbond substituents is 1. The van der Waals surface area contributed by atoms with Gasteiger partial charge in [0.1, 0.15) is 11.9 Å². The maximum atomic E-state index is 10.9. The Hall–Kier alpha value is -1.88. The first-order valence-electron chi connectivity index (χ1n) is 4.40. The quantitative estimate of drug-likeness (QED) is 0.491. The van der Waals surface area contributed by atoms with E-state index in [9.17, 15) is 9.90 Å². The summed E-state index contributed by atoms with van der Waals surface area (Å²) in [5, 5.41) is 21.7. The average Bonchev–Trinajstić information content (AvgIpc) is 2.20. The van der Waals surface area contributed by atoms with Crippen LogP contribution in [0.4, 0.5) is 0 Å². The highest BCUT2D eigenvalue weighted by atomic mass is 16.3. The van der Waals surface area contributed by atoms with E-state index >= 15 is 0 Å². The Morgan fingerprint density at radius 1 is 1.53 bits per heavy atom. The predicted molar refractivity (Wildman–Crippen MR) is 55.5 cm³/mol. The highest BCUT2D eigenvalue weighted by molar-refractivity contribution is 5.85. The van der Waals surface area contributed by atoms with Crippen LogP contribution in [0.1, 0.15) is 12.5 Å². The fourth-order valence-corrected chi connectivity index (χ4v) is 0.856. The third-order valence-corrected chi connectivity index (χ3v) is 1.69. The van der Waals surface area contributed by atoms with Crippen LogP contribution in [-0.4, -0.2) is 28.4 Å². The normalized spacial score (nSPS) is 12.7. The number of rotatable bonds is 3. The van der Waals surface area contributed by atoms with Crippen molar-refractivity contribution in [1.29, 1.82) is 0 Å². The van der Waals surface area contributed by atoms with Crippen molar-refractivity contribution < 1.29 is 15.0 Å². The van der Waals surface area contributed by atoms with Crippen LogP contribution in [0.15, 0.2) is 29.4 Å². The lowest BCUT2D eigenvalue weighted by atomic mass is 10.2. The van der Waals surface area contributed by atoms with Gasteiger partial charge in [-0.15, -0.1) is 0 Å². The Morgan fingerprint density at radius 3 is 2.80 bits per heavy atom. The monoisotopic (exact) mass is 208 g/mol. The minimum Gasteiger partial charge on any atom is -0.507 e. The van der Waals surface area contributed by atoms with Crippen LogP contribution >= 0.6 is 0 Å². The zero-order valence-electron chi connectivity index (χ0n) is 8.21. The minimum absolute atomic E-state index is 0.0764. The van der Waals surface area contributed by atoms with Crippen molar-refractivity contribution in [2.75, 3.05) is 0 Å². The molecule has 0 heterocycles. The number of aliphatic hydroxyl groups is 1. The number of para-hydroxylation sites is 1. The van der Waals surface area contributed by atoms with Crippen LogP contribution in [0.25, 0.3) is 0 Å². The van der Waals surface area contributed by atoms with Gasteiger partial charge >= 0.3 is 0 Å². The third-order valence-electron chi connectivity index (χ3n) is 1.69. The van der Waals surface area contributed by atoms with E-state index in [0.29, 0.717) is 5.56 Å². The van der Waals surface area contributed by atoms with Crippen LogP contribution in [0, 0.1) is 0 Å². The summed E-state index contributed by atoms with van der Waals surface area (Å²) in [4.78, 5) is 10.9. The minimum atomic E-state index is -1.11. The summed E-state index contributed by atoms with van der Waals surface area (Å²) in [6, 6.07) is 6.57. The lowest BCUT2D eigenvalue weighted by molar-refractivity contribution is -0.128. The molecular weight excluding hydrogens is 196 g/mol. The van der Waals surface area contributed by atoms with Gasteiger partial charge in [-0.25, -0.2) is 5.43 Å². The zero-order valence-corrected chi connectivity index (χ0v) is 8.21. The molecule has 5 heteroatoms. The molecule has 15 heavy (non-hydrogen) atoms. The van der Waals surface area contributed by atoms with Crippen molar-refractivity contribution in [3.05, 3.63) is 29.8 Å². The Balaban J connectivity index is 2.59. The smallest absolute Gasteiger partial charge is 0.268 e. The molecule has 5 nitrogen and oxygen atoms in total. The molecule has 0 spiro atoms. The largest absolute Gasteiger partial charge is 0.507 e. The molecule has 80 valence electrons. The molecule has 0 radical (unpaired) electrons. The van der Waals surface area contributed by atoms with Gasteiger partial charge in [-0.1, -0.05) is 12.1 Å². The third kappa shape index (κ3) is 3.40. The van der Waals surface area contributed by atoms with E-state index in [1.54, 1.807) is 18.2 Å². The molecule has 1 amide bonds.